The van der Waals surface area contributed by atoms with Crippen LogP contribution in [0.4, 0.5) is 4.79 Å². The van der Waals surface area contributed by atoms with Gasteiger partial charge in [-0.2, -0.15) is 0 Å². The summed E-state index contributed by atoms with van der Waals surface area (Å²) in [5.74, 6) is -0.794. The number of thiophene rings is 1. The SMILES string of the molecule is CC(C)C[C@H](NC(=O)OC(C)(C)C)[C@H](O)c1ccc(C(=O)O)s1. The molecule has 1 heterocycles. The number of alkyl carbamates (subject to hydrolysis) is 1. The molecule has 1 rings (SSSR count). The van der Waals surface area contributed by atoms with Crippen molar-refractivity contribution >= 4 is 23.4 Å². The maximum Gasteiger partial charge on any atom is 0.407 e. The molecule has 0 saturated carbocycles. The summed E-state index contributed by atoms with van der Waals surface area (Å²) in [7, 11) is 0. The van der Waals surface area contributed by atoms with Crippen LogP contribution in [0.1, 0.15) is 61.7 Å². The van der Waals surface area contributed by atoms with Crippen LogP contribution < -0.4 is 5.32 Å². The Morgan fingerprint density at radius 2 is 1.91 bits per heavy atom. The number of ether oxygens (including phenoxy) is 1. The van der Waals surface area contributed by atoms with Crippen LogP contribution in [0.3, 0.4) is 0 Å². The van der Waals surface area contributed by atoms with Crippen molar-refractivity contribution in [1.29, 1.82) is 0 Å². The molecule has 0 aromatic carbocycles. The molecule has 0 bridgehead atoms. The van der Waals surface area contributed by atoms with Crippen LogP contribution >= 0.6 is 11.3 Å². The fourth-order valence-corrected chi connectivity index (χ4v) is 2.96. The van der Waals surface area contributed by atoms with Crippen molar-refractivity contribution in [3.8, 4) is 0 Å². The number of amides is 1. The van der Waals surface area contributed by atoms with Gasteiger partial charge in [0.25, 0.3) is 0 Å². The summed E-state index contributed by atoms with van der Waals surface area (Å²) in [6.07, 6.45) is -1.04. The second kappa shape index (κ2) is 7.79. The van der Waals surface area contributed by atoms with E-state index in [2.05, 4.69) is 5.32 Å². The monoisotopic (exact) mass is 343 g/mol. The first-order valence-electron chi connectivity index (χ1n) is 7.50. The Labute approximate surface area is 140 Å². The predicted molar refractivity (Wildman–Crippen MR) is 88.9 cm³/mol. The van der Waals surface area contributed by atoms with Gasteiger partial charge in [0, 0.05) is 4.88 Å². The first-order valence-corrected chi connectivity index (χ1v) is 8.32. The largest absolute Gasteiger partial charge is 0.477 e. The number of carbonyl (C=O) groups is 2. The average molecular weight is 343 g/mol. The normalized spacial score (nSPS) is 14.4. The standard InChI is InChI=1S/C16H25NO5S/c1-9(2)8-10(17-15(21)22-16(3,4)5)13(18)11-6-7-12(23-11)14(19)20/h6-7,9-10,13,18H,8H2,1-5H3,(H,17,21)(H,19,20)/t10-,13-/m0/s1. The van der Waals surface area contributed by atoms with Crippen molar-refractivity contribution in [1.82, 2.24) is 5.32 Å². The molecule has 0 saturated heterocycles. The lowest BCUT2D eigenvalue weighted by atomic mass is 9.98. The average Bonchev–Trinajstić information content (AvgIpc) is 2.83. The lowest BCUT2D eigenvalue weighted by Crippen LogP contribution is -2.42. The van der Waals surface area contributed by atoms with Crippen LogP contribution in [0.25, 0.3) is 0 Å². The Morgan fingerprint density at radius 3 is 2.35 bits per heavy atom. The summed E-state index contributed by atoms with van der Waals surface area (Å²) < 4.78 is 5.23. The molecule has 0 spiro atoms. The summed E-state index contributed by atoms with van der Waals surface area (Å²) in [6.45, 7) is 9.25. The molecule has 1 amide bonds. The quantitative estimate of drug-likeness (QED) is 0.735. The molecule has 1 aromatic rings. The molecule has 0 aliphatic carbocycles. The summed E-state index contributed by atoms with van der Waals surface area (Å²) >= 11 is 1.00. The third-order valence-corrected chi connectivity index (χ3v) is 4.08. The topological polar surface area (TPSA) is 95.9 Å². The summed E-state index contributed by atoms with van der Waals surface area (Å²) in [5.41, 5.74) is -0.628. The minimum Gasteiger partial charge on any atom is -0.477 e. The van der Waals surface area contributed by atoms with Crippen LogP contribution in [-0.4, -0.2) is 33.9 Å². The Hall–Kier alpha value is -1.60. The molecule has 0 aliphatic rings. The summed E-state index contributed by atoms with van der Waals surface area (Å²) in [5, 5.41) is 22.2. The highest BCUT2D eigenvalue weighted by Gasteiger charge is 2.27. The molecule has 7 heteroatoms. The molecular formula is C16H25NO5S. The predicted octanol–water partition coefficient (Wildman–Crippen LogP) is 3.42. The second-order valence-corrected chi connectivity index (χ2v) is 7.95. The Morgan fingerprint density at radius 1 is 1.30 bits per heavy atom. The van der Waals surface area contributed by atoms with E-state index in [0.717, 1.165) is 11.3 Å². The van der Waals surface area contributed by atoms with E-state index >= 15 is 0 Å². The number of aliphatic hydroxyl groups excluding tert-OH is 1. The molecule has 0 unspecified atom stereocenters. The number of hydrogen-bond acceptors (Lipinski definition) is 5. The molecule has 23 heavy (non-hydrogen) atoms. The number of carboxylic acids is 1. The highest BCUT2D eigenvalue weighted by atomic mass is 32.1. The van der Waals surface area contributed by atoms with Gasteiger partial charge in [0.05, 0.1) is 6.04 Å². The van der Waals surface area contributed by atoms with E-state index in [4.69, 9.17) is 9.84 Å². The zero-order valence-corrected chi connectivity index (χ0v) is 14.9. The molecule has 6 nitrogen and oxygen atoms in total. The number of carboxylic acid groups (broad SMARTS) is 1. The Balaban J connectivity index is 2.87. The molecule has 0 fully saturated rings. The third kappa shape index (κ3) is 6.58. The molecule has 0 aliphatic heterocycles. The van der Waals surface area contributed by atoms with Crippen LogP contribution in [0, 0.1) is 5.92 Å². The minimum atomic E-state index is -1.03. The van der Waals surface area contributed by atoms with Gasteiger partial charge >= 0.3 is 12.1 Å². The number of nitrogens with one attached hydrogen (secondary N) is 1. The van der Waals surface area contributed by atoms with Crippen molar-refractivity contribution < 1.29 is 24.5 Å². The Bertz CT molecular complexity index is 547. The van der Waals surface area contributed by atoms with E-state index in [0.29, 0.717) is 11.3 Å². The number of rotatable bonds is 6. The van der Waals surface area contributed by atoms with Crippen molar-refractivity contribution in [2.45, 2.75) is 58.8 Å². The maximum atomic E-state index is 12.0. The van der Waals surface area contributed by atoms with Crippen LogP contribution in [0.2, 0.25) is 0 Å². The molecule has 2 atom stereocenters. The van der Waals surface area contributed by atoms with Crippen molar-refractivity contribution in [2.24, 2.45) is 5.92 Å². The molecule has 0 radical (unpaired) electrons. The van der Waals surface area contributed by atoms with Gasteiger partial charge in [-0.05, 0) is 45.2 Å². The van der Waals surface area contributed by atoms with Gasteiger partial charge in [-0.3, -0.25) is 0 Å². The highest BCUT2D eigenvalue weighted by molar-refractivity contribution is 7.14. The molecule has 130 valence electrons. The van der Waals surface area contributed by atoms with E-state index in [1.54, 1.807) is 26.8 Å². The van der Waals surface area contributed by atoms with Gasteiger partial charge in [-0.25, -0.2) is 9.59 Å². The third-order valence-electron chi connectivity index (χ3n) is 2.94. The van der Waals surface area contributed by atoms with Crippen molar-refractivity contribution in [3.63, 3.8) is 0 Å². The summed E-state index contributed by atoms with van der Waals surface area (Å²) in [4.78, 5) is 23.6. The van der Waals surface area contributed by atoms with Crippen LogP contribution in [0.5, 0.6) is 0 Å². The summed E-state index contributed by atoms with van der Waals surface area (Å²) in [6, 6.07) is 2.47. The number of carbonyl (C=O) groups excluding carboxylic acids is 1. The van der Waals surface area contributed by atoms with Gasteiger partial charge in [-0.15, -0.1) is 11.3 Å². The first kappa shape index (κ1) is 19.4. The van der Waals surface area contributed by atoms with Crippen LogP contribution in [-0.2, 0) is 4.74 Å². The van der Waals surface area contributed by atoms with E-state index in [1.165, 1.54) is 6.07 Å². The zero-order chi connectivity index (χ0) is 17.8. The highest BCUT2D eigenvalue weighted by Crippen LogP contribution is 2.28. The maximum absolute atomic E-state index is 12.0. The Kier molecular flexibility index (Phi) is 6.58. The smallest absolute Gasteiger partial charge is 0.407 e. The zero-order valence-electron chi connectivity index (χ0n) is 14.1. The van der Waals surface area contributed by atoms with Gasteiger partial charge in [0.15, 0.2) is 0 Å². The van der Waals surface area contributed by atoms with Gasteiger partial charge in [0.1, 0.15) is 16.6 Å². The minimum absolute atomic E-state index is 0.152. The lowest BCUT2D eigenvalue weighted by molar-refractivity contribution is 0.0405. The fourth-order valence-electron chi connectivity index (χ4n) is 2.06. The van der Waals surface area contributed by atoms with Gasteiger partial charge < -0.3 is 20.3 Å². The molecule has 1 aromatic heterocycles. The van der Waals surface area contributed by atoms with Crippen LogP contribution in [0.15, 0.2) is 12.1 Å². The van der Waals surface area contributed by atoms with E-state index in [9.17, 15) is 14.7 Å². The number of hydrogen-bond donors (Lipinski definition) is 3. The first-order chi connectivity index (χ1) is 10.5. The number of aromatic carboxylic acids is 1. The second-order valence-electron chi connectivity index (χ2n) is 6.83. The fraction of sp³-hybridized carbons (Fsp3) is 0.625. The van der Waals surface area contributed by atoms with Gasteiger partial charge in [-0.1, -0.05) is 13.8 Å². The van der Waals surface area contributed by atoms with E-state index < -0.39 is 29.8 Å². The van der Waals surface area contributed by atoms with E-state index in [-0.39, 0.29) is 10.8 Å². The lowest BCUT2D eigenvalue weighted by Gasteiger charge is -2.27. The van der Waals surface area contributed by atoms with Crippen molar-refractivity contribution in [3.05, 3.63) is 21.9 Å². The van der Waals surface area contributed by atoms with E-state index in [1.807, 2.05) is 13.8 Å². The van der Waals surface area contributed by atoms with Gasteiger partial charge in [0.2, 0.25) is 0 Å². The molecular weight excluding hydrogens is 318 g/mol. The number of aliphatic hydroxyl groups is 1. The molecule has 3 N–H and O–H groups in total. The van der Waals surface area contributed by atoms with Crippen molar-refractivity contribution in [2.75, 3.05) is 0 Å².